The Labute approximate surface area is 114 Å². The van der Waals surface area contributed by atoms with Gasteiger partial charge in [0.2, 0.25) is 5.95 Å². The largest absolute Gasteiger partial charge is 0.368 e. The maximum atomic E-state index is 11.4. The Kier molecular flexibility index (Phi) is 2.72. The van der Waals surface area contributed by atoms with Crippen molar-refractivity contribution in [3.8, 4) is 0 Å². The summed E-state index contributed by atoms with van der Waals surface area (Å²) in [7, 11) is 0. The highest BCUT2D eigenvalue weighted by Gasteiger charge is 2.18. The topological polar surface area (TPSA) is 92.9 Å². The molecule has 4 N–H and O–H groups in total. The van der Waals surface area contributed by atoms with E-state index < -0.39 is 0 Å². The highest BCUT2D eigenvalue weighted by atomic mass is 35.5. The Balaban J connectivity index is 1.90. The number of hydrogen-bond acceptors (Lipinski definition) is 5. The van der Waals surface area contributed by atoms with Crippen molar-refractivity contribution in [2.24, 2.45) is 0 Å². The fourth-order valence-corrected chi connectivity index (χ4v) is 2.15. The molecule has 0 bridgehead atoms. The molecule has 2 aromatic rings. The van der Waals surface area contributed by atoms with E-state index in [9.17, 15) is 4.79 Å². The second-order valence-corrected chi connectivity index (χ2v) is 4.50. The summed E-state index contributed by atoms with van der Waals surface area (Å²) >= 11 is 5.80. The van der Waals surface area contributed by atoms with Crippen LogP contribution in [0.3, 0.4) is 0 Å². The molecule has 0 unspecified atom stereocenters. The molecular weight excluding hydrogens is 266 g/mol. The minimum atomic E-state index is -0.0455. The van der Waals surface area contributed by atoms with Crippen LogP contribution in [-0.4, -0.2) is 15.9 Å². The van der Waals surface area contributed by atoms with Crippen LogP contribution in [0.4, 0.5) is 17.5 Å². The van der Waals surface area contributed by atoms with Crippen LogP contribution in [0.5, 0.6) is 0 Å². The summed E-state index contributed by atoms with van der Waals surface area (Å²) in [5.41, 5.74) is 7.98. The molecule has 1 aromatic carbocycles. The molecule has 0 aliphatic carbocycles. The number of aromatic nitrogens is 2. The maximum Gasteiger partial charge on any atom is 0.251 e. The van der Waals surface area contributed by atoms with E-state index in [1.807, 2.05) is 6.07 Å². The van der Waals surface area contributed by atoms with Crippen LogP contribution in [0.15, 0.2) is 24.3 Å². The van der Waals surface area contributed by atoms with Gasteiger partial charge in [0.05, 0.1) is 0 Å². The van der Waals surface area contributed by atoms with Gasteiger partial charge >= 0.3 is 0 Å². The molecule has 1 aliphatic heterocycles. The van der Waals surface area contributed by atoms with Gasteiger partial charge in [0, 0.05) is 23.9 Å². The number of anilines is 3. The van der Waals surface area contributed by atoms with Gasteiger partial charge in [-0.2, -0.15) is 4.98 Å². The smallest absolute Gasteiger partial charge is 0.251 e. The van der Waals surface area contributed by atoms with E-state index in [0.29, 0.717) is 17.9 Å². The van der Waals surface area contributed by atoms with Crippen molar-refractivity contribution in [2.75, 3.05) is 11.1 Å². The first-order valence-corrected chi connectivity index (χ1v) is 5.98. The van der Waals surface area contributed by atoms with Gasteiger partial charge < -0.3 is 16.4 Å². The number of rotatable bonds is 2. The predicted octanol–water partition coefficient (Wildman–Crippen LogP) is 1.70. The van der Waals surface area contributed by atoms with Gasteiger partial charge in [-0.1, -0.05) is 11.6 Å². The van der Waals surface area contributed by atoms with E-state index in [4.69, 9.17) is 17.3 Å². The first-order valence-electron chi connectivity index (χ1n) is 5.60. The zero-order valence-corrected chi connectivity index (χ0v) is 10.5. The Morgan fingerprint density at radius 1 is 1.32 bits per heavy atom. The molecule has 0 fully saturated rings. The first-order chi connectivity index (χ1) is 9.11. The molecule has 1 aliphatic rings. The van der Waals surface area contributed by atoms with Crippen LogP contribution in [0.2, 0.25) is 5.15 Å². The molecule has 6 nitrogen and oxygen atoms in total. The number of halogens is 1. The minimum Gasteiger partial charge on any atom is -0.368 e. The lowest BCUT2D eigenvalue weighted by molar-refractivity contribution is 0.0966. The predicted molar refractivity (Wildman–Crippen MR) is 72.3 cm³/mol. The lowest BCUT2D eigenvalue weighted by Crippen LogP contribution is -2.12. The van der Waals surface area contributed by atoms with Crippen molar-refractivity contribution < 1.29 is 4.79 Å². The zero-order chi connectivity index (χ0) is 13.4. The molecule has 1 amide bonds. The number of nitrogens with one attached hydrogen (secondary N) is 2. The molecule has 3 rings (SSSR count). The summed E-state index contributed by atoms with van der Waals surface area (Å²) in [5, 5.41) is 6.11. The molecule has 96 valence electrons. The Bertz CT molecular complexity index is 653. The first kappa shape index (κ1) is 11.7. The third kappa shape index (κ3) is 2.30. The number of nitrogen functional groups attached to an aromatic ring is 1. The highest BCUT2D eigenvalue weighted by molar-refractivity contribution is 6.29. The number of carbonyl (C=O) groups is 1. The molecule has 19 heavy (non-hydrogen) atoms. The standard InChI is InChI=1S/C12H10ClN5O/c13-9-4-10(18-12(14)17-9)16-7-1-2-8-6(3-7)5-15-11(8)19/h1-4H,5H2,(H,15,19)(H3,14,16,17,18). The normalized spacial score (nSPS) is 13.0. The van der Waals surface area contributed by atoms with Crippen LogP contribution < -0.4 is 16.4 Å². The van der Waals surface area contributed by atoms with Crippen molar-refractivity contribution in [3.63, 3.8) is 0 Å². The van der Waals surface area contributed by atoms with Gasteiger partial charge in [-0.15, -0.1) is 0 Å². The summed E-state index contributed by atoms with van der Waals surface area (Å²) in [5.74, 6) is 0.568. The van der Waals surface area contributed by atoms with E-state index in [1.165, 1.54) is 0 Å². The van der Waals surface area contributed by atoms with Crippen molar-refractivity contribution in [1.82, 2.24) is 15.3 Å². The van der Waals surface area contributed by atoms with Gasteiger partial charge in [-0.3, -0.25) is 4.79 Å². The number of nitrogens with zero attached hydrogens (tertiary/aromatic N) is 2. The van der Waals surface area contributed by atoms with Gasteiger partial charge in [0.15, 0.2) is 0 Å². The van der Waals surface area contributed by atoms with E-state index >= 15 is 0 Å². The average Bonchev–Trinajstić information content (AvgIpc) is 2.69. The summed E-state index contributed by atoms with van der Waals surface area (Å²) in [4.78, 5) is 19.2. The number of amides is 1. The third-order valence-corrected chi connectivity index (χ3v) is 2.97. The monoisotopic (exact) mass is 275 g/mol. The number of hydrogen-bond donors (Lipinski definition) is 3. The molecule has 0 atom stereocenters. The van der Waals surface area contributed by atoms with Crippen LogP contribution in [0, 0.1) is 0 Å². The molecule has 2 heterocycles. The number of fused-ring (bicyclic) bond motifs is 1. The number of carbonyl (C=O) groups excluding carboxylic acids is 1. The van der Waals surface area contributed by atoms with Gasteiger partial charge in [0.25, 0.3) is 5.91 Å². The van der Waals surface area contributed by atoms with E-state index in [2.05, 4.69) is 20.6 Å². The highest BCUT2D eigenvalue weighted by Crippen LogP contribution is 2.23. The van der Waals surface area contributed by atoms with Crippen molar-refractivity contribution in [3.05, 3.63) is 40.5 Å². The fraction of sp³-hybridized carbons (Fsp3) is 0.0833. The quantitative estimate of drug-likeness (QED) is 0.726. The summed E-state index contributed by atoms with van der Waals surface area (Å²) in [6, 6.07) is 7.04. The second-order valence-electron chi connectivity index (χ2n) is 4.11. The molecule has 0 saturated carbocycles. The Morgan fingerprint density at radius 3 is 2.95 bits per heavy atom. The van der Waals surface area contributed by atoms with Crippen LogP contribution in [0.1, 0.15) is 15.9 Å². The fourth-order valence-electron chi connectivity index (χ4n) is 1.96. The summed E-state index contributed by atoms with van der Waals surface area (Å²) < 4.78 is 0. The van der Waals surface area contributed by atoms with Crippen LogP contribution >= 0.6 is 11.6 Å². The Morgan fingerprint density at radius 2 is 2.16 bits per heavy atom. The summed E-state index contributed by atoms with van der Waals surface area (Å²) in [6.07, 6.45) is 0. The minimum absolute atomic E-state index is 0.0455. The Hall–Kier alpha value is -2.34. The SMILES string of the molecule is Nc1nc(Cl)cc(Nc2ccc3c(c2)CNC3=O)n1. The van der Waals surface area contributed by atoms with Crippen molar-refractivity contribution in [1.29, 1.82) is 0 Å². The van der Waals surface area contributed by atoms with Gasteiger partial charge in [0.1, 0.15) is 11.0 Å². The van der Waals surface area contributed by atoms with Crippen molar-refractivity contribution in [2.45, 2.75) is 6.54 Å². The summed E-state index contributed by atoms with van der Waals surface area (Å²) in [6.45, 7) is 0.538. The molecule has 0 radical (unpaired) electrons. The number of benzene rings is 1. The molecule has 7 heteroatoms. The van der Waals surface area contributed by atoms with E-state index in [0.717, 1.165) is 11.3 Å². The maximum absolute atomic E-state index is 11.4. The molecule has 1 aromatic heterocycles. The molecule has 0 saturated heterocycles. The van der Waals surface area contributed by atoms with Gasteiger partial charge in [-0.25, -0.2) is 4.98 Å². The van der Waals surface area contributed by atoms with Crippen LogP contribution in [-0.2, 0) is 6.54 Å². The second kappa shape index (κ2) is 4.40. The van der Waals surface area contributed by atoms with Crippen LogP contribution in [0.25, 0.3) is 0 Å². The molecular formula is C12H10ClN5O. The average molecular weight is 276 g/mol. The van der Waals surface area contributed by atoms with Crippen molar-refractivity contribution >= 4 is 35.0 Å². The zero-order valence-electron chi connectivity index (χ0n) is 9.77. The lowest BCUT2D eigenvalue weighted by atomic mass is 10.1. The lowest BCUT2D eigenvalue weighted by Gasteiger charge is -2.07. The van der Waals surface area contributed by atoms with E-state index in [1.54, 1.807) is 18.2 Å². The molecule has 0 spiro atoms. The third-order valence-electron chi connectivity index (χ3n) is 2.77. The van der Waals surface area contributed by atoms with E-state index in [-0.39, 0.29) is 17.0 Å². The van der Waals surface area contributed by atoms with Gasteiger partial charge in [-0.05, 0) is 23.8 Å². The number of nitrogens with two attached hydrogens (primary N) is 1.